The van der Waals surface area contributed by atoms with E-state index in [1.54, 1.807) is 13.3 Å². The molecular formula is C11H12BrClN4O. The maximum atomic E-state index is 6.08. The molecule has 2 aromatic heterocycles. The predicted molar refractivity (Wildman–Crippen MR) is 72.4 cm³/mol. The Morgan fingerprint density at radius 1 is 1.44 bits per heavy atom. The van der Waals surface area contributed by atoms with Gasteiger partial charge in [0.1, 0.15) is 10.8 Å². The van der Waals surface area contributed by atoms with Gasteiger partial charge in [-0.1, -0.05) is 11.6 Å². The van der Waals surface area contributed by atoms with Gasteiger partial charge in [-0.25, -0.2) is 9.97 Å². The molecule has 0 atom stereocenters. The summed E-state index contributed by atoms with van der Waals surface area (Å²) in [5.74, 6) is 0.551. The minimum atomic E-state index is 0.371. The van der Waals surface area contributed by atoms with Crippen LogP contribution in [0.2, 0.25) is 5.15 Å². The van der Waals surface area contributed by atoms with Crippen LogP contribution in [0.1, 0.15) is 12.6 Å². The van der Waals surface area contributed by atoms with Crippen LogP contribution in [-0.4, -0.2) is 26.9 Å². The van der Waals surface area contributed by atoms with Crippen molar-refractivity contribution in [2.24, 2.45) is 0 Å². The molecule has 2 heterocycles. The van der Waals surface area contributed by atoms with Gasteiger partial charge in [0.25, 0.3) is 0 Å². The van der Waals surface area contributed by atoms with Gasteiger partial charge in [0, 0.05) is 19.9 Å². The molecule has 18 heavy (non-hydrogen) atoms. The fourth-order valence-corrected chi connectivity index (χ4v) is 2.07. The van der Waals surface area contributed by atoms with Crippen molar-refractivity contribution in [3.63, 3.8) is 0 Å². The van der Waals surface area contributed by atoms with Crippen molar-refractivity contribution in [2.45, 2.75) is 20.1 Å². The van der Waals surface area contributed by atoms with Gasteiger partial charge in [0.05, 0.1) is 16.8 Å². The molecule has 0 amide bonds. The van der Waals surface area contributed by atoms with Crippen LogP contribution >= 0.6 is 27.5 Å². The molecule has 0 bridgehead atoms. The number of nitrogens with zero attached hydrogens (tertiary/aromatic N) is 4. The van der Waals surface area contributed by atoms with E-state index in [1.165, 1.54) is 0 Å². The van der Waals surface area contributed by atoms with Crippen molar-refractivity contribution in [3.8, 4) is 11.5 Å². The van der Waals surface area contributed by atoms with Crippen molar-refractivity contribution in [1.29, 1.82) is 0 Å². The Labute approximate surface area is 118 Å². The molecule has 2 rings (SSSR count). The third-order valence-electron chi connectivity index (χ3n) is 2.41. The summed E-state index contributed by atoms with van der Waals surface area (Å²) in [5, 5.41) is 4.56. The summed E-state index contributed by atoms with van der Waals surface area (Å²) in [7, 11) is 1.61. The van der Waals surface area contributed by atoms with Crippen LogP contribution in [-0.2, 0) is 17.9 Å². The van der Waals surface area contributed by atoms with Gasteiger partial charge in [0.2, 0.25) is 0 Å². The van der Waals surface area contributed by atoms with E-state index in [2.05, 4.69) is 31.0 Å². The monoisotopic (exact) mass is 330 g/mol. The van der Waals surface area contributed by atoms with Crippen LogP contribution in [0, 0.1) is 0 Å². The van der Waals surface area contributed by atoms with Gasteiger partial charge in [-0.05, 0) is 28.9 Å². The summed E-state index contributed by atoms with van der Waals surface area (Å²) >= 11 is 9.44. The van der Waals surface area contributed by atoms with Crippen molar-refractivity contribution in [1.82, 2.24) is 19.7 Å². The van der Waals surface area contributed by atoms with Crippen molar-refractivity contribution in [3.05, 3.63) is 27.6 Å². The maximum Gasteiger partial charge on any atom is 0.179 e. The molecule has 5 nitrogen and oxygen atoms in total. The second-order valence-corrected chi connectivity index (χ2v) is 4.71. The van der Waals surface area contributed by atoms with Gasteiger partial charge in [-0.3, -0.25) is 4.68 Å². The third kappa shape index (κ3) is 2.55. The molecule has 7 heteroatoms. The fourth-order valence-electron chi connectivity index (χ4n) is 1.58. The van der Waals surface area contributed by atoms with Crippen molar-refractivity contribution < 1.29 is 4.74 Å². The van der Waals surface area contributed by atoms with Crippen LogP contribution in [0.4, 0.5) is 0 Å². The standard InChI is InChI=1S/C11H12BrClN4O/c1-3-17-8(4-5-14-17)11-15-7(6-18-2)9(12)10(13)16-11/h4-5H,3,6H2,1-2H3. The topological polar surface area (TPSA) is 52.8 Å². The Kier molecular flexibility index (Phi) is 4.31. The Morgan fingerprint density at radius 3 is 2.89 bits per heavy atom. The van der Waals surface area contributed by atoms with Gasteiger partial charge >= 0.3 is 0 Å². The first kappa shape index (κ1) is 13.5. The number of aryl methyl sites for hydroxylation is 1. The summed E-state index contributed by atoms with van der Waals surface area (Å²) in [5.41, 5.74) is 1.56. The predicted octanol–water partition coefficient (Wildman–Crippen LogP) is 2.92. The highest BCUT2D eigenvalue weighted by atomic mass is 79.9. The molecule has 0 spiro atoms. The lowest BCUT2D eigenvalue weighted by atomic mass is 10.3. The van der Waals surface area contributed by atoms with E-state index < -0.39 is 0 Å². The molecule has 0 aliphatic rings. The van der Waals surface area contributed by atoms with Gasteiger partial charge in [-0.15, -0.1) is 0 Å². The Bertz CT molecular complexity index is 558. The first-order valence-electron chi connectivity index (χ1n) is 5.40. The average molecular weight is 332 g/mol. The van der Waals surface area contributed by atoms with E-state index >= 15 is 0 Å². The Morgan fingerprint density at radius 2 is 2.22 bits per heavy atom. The van der Waals surface area contributed by atoms with Crippen LogP contribution < -0.4 is 0 Å². The molecule has 2 aromatic rings. The number of hydrogen-bond acceptors (Lipinski definition) is 4. The maximum absolute atomic E-state index is 6.08. The molecule has 0 aliphatic carbocycles. The highest BCUT2D eigenvalue weighted by Gasteiger charge is 2.14. The van der Waals surface area contributed by atoms with Crippen LogP contribution in [0.15, 0.2) is 16.7 Å². The first-order chi connectivity index (χ1) is 8.67. The zero-order valence-electron chi connectivity index (χ0n) is 10.0. The minimum absolute atomic E-state index is 0.371. The second-order valence-electron chi connectivity index (χ2n) is 3.56. The molecule has 0 aromatic carbocycles. The SMILES string of the molecule is CCn1nccc1-c1nc(Cl)c(Br)c(COC)n1. The number of halogens is 2. The molecular weight excluding hydrogens is 320 g/mol. The number of ether oxygens (including phenoxy) is 1. The largest absolute Gasteiger partial charge is 0.378 e. The van der Waals surface area contributed by atoms with Crippen LogP contribution in [0.3, 0.4) is 0 Å². The average Bonchev–Trinajstić information content (AvgIpc) is 2.83. The molecule has 0 saturated carbocycles. The minimum Gasteiger partial charge on any atom is -0.378 e. The molecule has 0 unspecified atom stereocenters. The van der Waals surface area contributed by atoms with E-state index in [1.807, 2.05) is 17.7 Å². The summed E-state index contributed by atoms with van der Waals surface area (Å²) < 4.78 is 7.57. The number of rotatable bonds is 4. The summed E-state index contributed by atoms with van der Waals surface area (Å²) in [6.45, 7) is 3.13. The smallest absolute Gasteiger partial charge is 0.179 e. The molecule has 0 N–H and O–H groups in total. The van der Waals surface area contributed by atoms with Gasteiger partial charge in [-0.2, -0.15) is 5.10 Å². The van der Waals surface area contributed by atoms with Gasteiger partial charge in [0.15, 0.2) is 5.82 Å². The zero-order chi connectivity index (χ0) is 13.1. The van der Waals surface area contributed by atoms with Crippen molar-refractivity contribution in [2.75, 3.05) is 7.11 Å². The van der Waals surface area contributed by atoms with Crippen LogP contribution in [0.25, 0.3) is 11.5 Å². The summed E-state index contributed by atoms with van der Waals surface area (Å²) in [6, 6.07) is 1.86. The lowest BCUT2D eigenvalue weighted by Crippen LogP contribution is -2.05. The lowest BCUT2D eigenvalue weighted by Gasteiger charge is -2.08. The number of methoxy groups -OCH3 is 1. The zero-order valence-corrected chi connectivity index (χ0v) is 12.4. The second kappa shape index (κ2) is 5.77. The van der Waals surface area contributed by atoms with E-state index in [-0.39, 0.29) is 0 Å². The molecule has 0 saturated heterocycles. The van der Waals surface area contributed by atoms with E-state index in [4.69, 9.17) is 16.3 Å². The molecule has 0 radical (unpaired) electrons. The Balaban J connectivity index is 2.52. The quantitative estimate of drug-likeness (QED) is 0.808. The van der Waals surface area contributed by atoms with E-state index in [9.17, 15) is 0 Å². The third-order valence-corrected chi connectivity index (χ3v) is 3.74. The fraction of sp³-hybridized carbons (Fsp3) is 0.364. The van der Waals surface area contributed by atoms with E-state index in [0.29, 0.717) is 22.1 Å². The summed E-state index contributed by atoms with van der Waals surface area (Å²) in [6.07, 6.45) is 1.72. The number of hydrogen-bond donors (Lipinski definition) is 0. The highest BCUT2D eigenvalue weighted by molar-refractivity contribution is 9.10. The first-order valence-corrected chi connectivity index (χ1v) is 6.57. The van der Waals surface area contributed by atoms with Gasteiger partial charge < -0.3 is 4.74 Å². The molecule has 0 fully saturated rings. The lowest BCUT2D eigenvalue weighted by molar-refractivity contribution is 0.181. The normalized spacial score (nSPS) is 10.9. The van der Waals surface area contributed by atoms with Crippen molar-refractivity contribution >= 4 is 27.5 Å². The molecule has 0 aliphatic heterocycles. The van der Waals surface area contributed by atoms with Crippen LogP contribution in [0.5, 0.6) is 0 Å². The summed E-state index contributed by atoms with van der Waals surface area (Å²) in [4.78, 5) is 8.70. The highest BCUT2D eigenvalue weighted by Crippen LogP contribution is 2.27. The molecule has 96 valence electrons. The Hall–Kier alpha value is -0.980. The number of aromatic nitrogens is 4. The van der Waals surface area contributed by atoms with E-state index in [0.717, 1.165) is 17.9 Å².